The van der Waals surface area contributed by atoms with E-state index in [0.29, 0.717) is 39.0 Å². The number of amides is 1. The number of nitrogens with one attached hydrogen (secondary N) is 1. The summed E-state index contributed by atoms with van der Waals surface area (Å²) in [6.45, 7) is 6.44. The van der Waals surface area contributed by atoms with Gasteiger partial charge in [-0.25, -0.2) is 0 Å². The van der Waals surface area contributed by atoms with E-state index in [1.165, 1.54) is 11.8 Å². The molecule has 156 valence electrons. The Hall–Kier alpha value is -2.48. The van der Waals surface area contributed by atoms with Crippen LogP contribution in [0.25, 0.3) is 0 Å². The summed E-state index contributed by atoms with van der Waals surface area (Å²) < 4.78 is 7.70. The normalized spacial score (nSPS) is 10.6. The van der Waals surface area contributed by atoms with Gasteiger partial charge in [-0.2, -0.15) is 0 Å². The molecule has 0 atom stereocenters. The number of benzene rings is 2. The quantitative estimate of drug-likeness (QED) is 0.341. The topological polar surface area (TPSA) is 69.0 Å². The number of carbonyl (C=O) groups excluding carboxylic acids is 1. The minimum atomic E-state index is -0.148. The van der Waals surface area contributed by atoms with Crippen molar-refractivity contribution in [3.05, 3.63) is 76.6 Å². The van der Waals surface area contributed by atoms with Crippen LogP contribution in [0.5, 0.6) is 5.75 Å². The van der Waals surface area contributed by atoms with Gasteiger partial charge >= 0.3 is 0 Å². The number of allylic oxidation sites excluding steroid dienone is 1. The van der Waals surface area contributed by atoms with E-state index in [0.717, 1.165) is 5.56 Å². The third-order valence-electron chi connectivity index (χ3n) is 4.06. The number of aryl methyl sites for hydroxylation is 1. The van der Waals surface area contributed by atoms with Gasteiger partial charge < -0.3 is 10.1 Å². The maximum atomic E-state index is 12.2. The zero-order valence-electron chi connectivity index (χ0n) is 16.3. The van der Waals surface area contributed by atoms with Crippen LogP contribution in [0.4, 0.5) is 5.69 Å². The molecule has 3 rings (SSSR count). The molecule has 2 aromatic carbocycles. The highest BCUT2D eigenvalue weighted by atomic mass is 35.5. The van der Waals surface area contributed by atoms with E-state index in [9.17, 15) is 4.79 Å². The van der Waals surface area contributed by atoms with Crippen LogP contribution in [0.3, 0.4) is 0 Å². The molecule has 1 amide bonds. The molecule has 30 heavy (non-hydrogen) atoms. The second-order valence-electron chi connectivity index (χ2n) is 6.34. The molecule has 0 aliphatic heterocycles. The largest absolute Gasteiger partial charge is 0.486 e. The van der Waals surface area contributed by atoms with Gasteiger partial charge in [-0.3, -0.25) is 9.36 Å². The molecular weight excluding hydrogens is 443 g/mol. The number of halogens is 2. The van der Waals surface area contributed by atoms with E-state index < -0.39 is 0 Å². The number of carbonyl (C=O) groups is 1. The Morgan fingerprint density at radius 3 is 2.70 bits per heavy atom. The smallest absolute Gasteiger partial charge is 0.234 e. The summed E-state index contributed by atoms with van der Waals surface area (Å²) in [5.41, 5.74) is 1.62. The van der Waals surface area contributed by atoms with Crippen LogP contribution in [0.2, 0.25) is 10.0 Å². The Balaban J connectivity index is 1.61. The number of aromatic nitrogens is 3. The number of thioether (sulfide) groups is 1. The first-order valence-corrected chi connectivity index (χ1v) is 10.8. The number of hydrogen-bond donors (Lipinski definition) is 1. The van der Waals surface area contributed by atoms with Crippen LogP contribution in [0.15, 0.2) is 60.3 Å². The van der Waals surface area contributed by atoms with Crippen molar-refractivity contribution in [2.75, 3.05) is 11.1 Å². The number of rotatable bonds is 9. The second-order valence-corrected chi connectivity index (χ2v) is 8.13. The molecule has 1 heterocycles. The van der Waals surface area contributed by atoms with Crippen LogP contribution in [0.1, 0.15) is 11.4 Å². The van der Waals surface area contributed by atoms with Gasteiger partial charge in [0.25, 0.3) is 0 Å². The first-order chi connectivity index (χ1) is 14.5. The summed E-state index contributed by atoms with van der Waals surface area (Å²) in [6.07, 6.45) is 1.75. The van der Waals surface area contributed by atoms with Crippen molar-refractivity contribution < 1.29 is 9.53 Å². The molecule has 1 N–H and O–H groups in total. The Bertz CT molecular complexity index is 1040. The molecule has 0 radical (unpaired) electrons. The second kappa shape index (κ2) is 10.5. The SMILES string of the molecule is C=CCn1c(COc2ccc(Cl)c(C)c2)nnc1SCC(=O)Nc1ccc(Cl)cc1. The Kier molecular flexibility index (Phi) is 7.79. The monoisotopic (exact) mass is 462 g/mol. The molecule has 0 saturated carbocycles. The van der Waals surface area contributed by atoms with Crippen molar-refractivity contribution in [3.8, 4) is 5.75 Å². The molecule has 0 bridgehead atoms. The van der Waals surface area contributed by atoms with E-state index in [1.54, 1.807) is 42.5 Å². The summed E-state index contributed by atoms with van der Waals surface area (Å²) in [7, 11) is 0. The third kappa shape index (κ3) is 6.01. The minimum absolute atomic E-state index is 0.148. The van der Waals surface area contributed by atoms with Gasteiger partial charge in [0, 0.05) is 22.3 Å². The van der Waals surface area contributed by atoms with Crippen LogP contribution in [0, 0.1) is 6.92 Å². The van der Waals surface area contributed by atoms with Crippen molar-refractivity contribution in [3.63, 3.8) is 0 Å². The highest BCUT2D eigenvalue weighted by Gasteiger charge is 2.14. The van der Waals surface area contributed by atoms with Gasteiger partial charge in [0.1, 0.15) is 12.4 Å². The van der Waals surface area contributed by atoms with Gasteiger partial charge in [0.15, 0.2) is 11.0 Å². The van der Waals surface area contributed by atoms with Crippen LogP contribution in [-0.4, -0.2) is 26.4 Å². The van der Waals surface area contributed by atoms with Crippen molar-refractivity contribution >= 4 is 46.6 Å². The molecule has 0 spiro atoms. The van der Waals surface area contributed by atoms with Gasteiger partial charge in [-0.1, -0.05) is 41.0 Å². The standard InChI is InChI=1S/C21H20Cl2N4O2S/c1-3-10-27-19(12-29-17-8-9-18(23)14(2)11-17)25-26-21(27)30-13-20(28)24-16-6-4-15(22)5-7-16/h3-9,11H,1,10,12-13H2,2H3,(H,24,28). The van der Waals surface area contributed by atoms with Crippen LogP contribution < -0.4 is 10.1 Å². The zero-order valence-corrected chi connectivity index (χ0v) is 18.6. The average molecular weight is 463 g/mol. The highest BCUT2D eigenvalue weighted by Crippen LogP contribution is 2.23. The predicted molar refractivity (Wildman–Crippen MR) is 122 cm³/mol. The number of nitrogens with zero attached hydrogens (tertiary/aromatic N) is 3. The lowest BCUT2D eigenvalue weighted by molar-refractivity contribution is -0.113. The predicted octanol–water partition coefficient (Wildman–Crippen LogP) is 5.39. The third-order valence-corrected chi connectivity index (χ3v) is 5.71. The van der Waals surface area contributed by atoms with Crippen LogP contribution in [-0.2, 0) is 17.9 Å². The molecule has 0 aliphatic carbocycles. The van der Waals surface area contributed by atoms with E-state index in [4.69, 9.17) is 27.9 Å². The van der Waals surface area contributed by atoms with Crippen LogP contribution >= 0.6 is 35.0 Å². The Morgan fingerprint density at radius 1 is 1.23 bits per heavy atom. The van der Waals surface area contributed by atoms with E-state index in [2.05, 4.69) is 22.1 Å². The summed E-state index contributed by atoms with van der Waals surface area (Å²) in [5.74, 6) is 1.38. The first kappa shape index (κ1) is 22.2. The minimum Gasteiger partial charge on any atom is -0.486 e. The maximum absolute atomic E-state index is 12.2. The molecule has 0 aliphatic rings. The van der Waals surface area contributed by atoms with Gasteiger partial charge in [0.05, 0.1) is 5.75 Å². The van der Waals surface area contributed by atoms with Crippen molar-refractivity contribution in [1.82, 2.24) is 14.8 Å². The van der Waals surface area contributed by atoms with Crippen molar-refractivity contribution in [2.45, 2.75) is 25.2 Å². The summed E-state index contributed by atoms with van der Waals surface area (Å²) in [5, 5.41) is 13.1. The summed E-state index contributed by atoms with van der Waals surface area (Å²) in [6, 6.07) is 12.4. The average Bonchev–Trinajstić information content (AvgIpc) is 3.11. The Morgan fingerprint density at radius 2 is 2.00 bits per heavy atom. The maximum Gasteiger partial charge on any atom is 0.234 e. The molecule has 1 aromatic heterocycles. The fraction of sp³-hybridized carbons (Fsp3) is 0.190. The molecule has 0 saturated heterocycles. The van der Waals surface area contributed by atoms with E-state index in [1.807, 2.05) is 17.6 Å². The lowest BCUT2D eigenvalue weighted by Crippen LogP contribution is -2.15. The number of anilines is 1. The first-order valence-electron chi connectivity index (χ1n) is 9.06. The fourth-order valence-corrected chi connectivity index (χ4v) is 3.57. The van der Waals surface area contributed by atoms with Gasteiger partial charge in [0.2, 0.25) is 5.91 Å². The zero-order chi connectivity index (χ0) is 21.5. The molecule has 0 unspecified atom stereocenters. The van der Waals surface area contributed by atoms with Gasteiger partial charge in [-0.05, 0) is 55.0 Å². The summed E-state index contributed by atoms with van der Waals surface area (Å²) >= 11 is 13.2. The van der Waals surface area contributed by atoms with E-state index >= 15 is 0 Å². The highest BCUT2D eigenvalue weighted by molar-refractivity contribution is 7.99. The molecular formula is C21H20Cl2N4O2S. The number of hydrogen-bond acceptors (Lipinski definition) is 5. The molecule has 9 heteroatoms. The fourth-order valence-electron chi connectivity index (χ4n) is 2.56. The van der Waals surface area contributed by atoms with Crippen molar-refractivity contribution in [1.29, 1.82) is 0 Å². The number of ether oxygens (including phenoxy) is 1. The molecule has 0 fully saturated rings. The lowest BCUT2D eigenvalue weighted by Gasteiger charge is -2.10. The van der Waals surface area contributed by atoms with Gasteiger partial charge in [-0.15, -0.1) is 16.8 Å². The lowest BCUT2D eigenvalue weighted by atomic mass is 10.2. The molecule has 6 nitrogen and oxygen atoms in total. The Labute approximate surface area is 189 Å². The van der Waals surface area contributed by atoms with Crippen molar-refractivity contribution in [2.24, 2.45) is 0 Å². The van der Waals surface area contributed by atoms with E-state index in [-0.39, 0.29) is 18.3 Å². The molecule has 3 aromatic rings. The summed E-state index contributed by atoms with van der Waals surface area (Å²) in [4.78, 5) is 12.2.